The number of halogens is 1. The molecule has 6 heteroatoms. The molecule has 0 spiro atoms. The van der Waals surface area contributed by atoms with Gasteiger partial charge >= 0.3 is 5.69 Å². The molecule has 2 N–H and O–H groups in total. The Morgan fingerprint density at radius 3 is 2.82 bits per heavy atom. The van der Waals surface area contributed by atoms with Gasteiger partial charge in [0.25, 0.3) is 0 Å². The van der Waals surface area contributed by atoms with E-state index in [9.17, 15) is 4.79 Å². The summed E-state index contributed by atoms with van der Waals surface area (Å²) >= 11 is 3.45. The van der Waals surface area contributed by atoms with Crippen LogP contribution in [0.3, 0.4) is 0 Å². The quantitative estimate of drug-likeness (QED) is 0.891. The van der Waals surface area contributed by atoms with E-state index < -0.39 is 5.69 Å². The van der Waals surface area contributed by atoms with E-state index in [0.717, 1.165) is 15.7 Å². The Morgan fingerprint density at radius 1 is 1.35 bits per heavy atom. The number of anilines is 2. The number of nitrogens with zero attached hydrogens (tertiary/aromatic N) is 2. The van der Waals surface area contributed by atoms with Crippen LogP contribution in [-0.2, 0) is 0 Å². The van der Waals surface area contributed by atoms with E-state index in [1.807, 2.05) is 25.1 Å². The third kappa shape index (κ3) is 2.71. The zero-order valence-electron chi connectivity index (χ0n) is 9.41. The molecule has 0 unspecified atom stereocenters. The average Bonchev–Trinajstić information content (AvgIpc) is 2.27. The highest BCUT2D eigenvalue weighted by Crippen LogP contribution is 2.26. The molecule has 0 amide bonds. The summed E-state index contributed by atoms with van der Waals surface area (Å²) in [6, 6.07) is 5.88. The van der Waals surface area contributed by atoms with Gasteiger partial charge in [-0.05, 0) is 47.5 Å². The van der Waals surface area contributed by atoms with Gasteiger partial charge in [0.1, 0.15) is 5.69 Å². The molecule has 0 aliphatic heterocycles. The Bertz CT molecular complexity index is 609. The second-order valence-corrected chi connectivity index (χ2v) is 4.54. The molecule has 2 rings (SSSR count). The molecule has 0 saturated heterocycles. The first-order valence-electron chi connectivity index (χ1n) is 5.03. The maximum Gasteiger partial charge on any atom is 0.363 e. The van der Waals surface area contributed by atoms with Crippen LogP contribution < -0.4 is 11.0 Å². The Labute approximate surface area is 106 Å². The molecule has 1 heterocycles. The minimum absolute atomic E-state index is 0.457. The molecule has 5 nitrogen and oxygen atoms in total. The first kappa shape index (κ1) is 11.8. The van der Waals surface area contributed by atoms with Crippen molar-refractivity contribution in [1.29, 1.82) is 0 Å². The number of hydrogen-bond donors (Lipinski definition) is 2. The smallest absolute Gasteiger partial charge is 0.338 e. The number of rotatable bonds is 2. The van der Waals surface area contributed by atoms with Crippen molar-refractivity contribution in [3.05, 3.63) is 44.4 Å². The predicted octanol–water partition coefficient (Wildman–Crippen LogP) is 2.29. The number of hydrogen-bond acceptors (Lipinski definition) is 4. The average molecular weight is 295 g/mol. The van der Waals surface area contributed by atoms with Gasteiger partial charge in [0, 0.05) is 4.47 Å². The second kappa shape index (κ2) is 4.67. The normalized spacial score (nSPS) is 10.3. The van der Waals surface area contributed by atoms with Crippen LogP contribution in [0.15, 0.2) is 27.5 Å². The summed E-state index contributed by atoms with van der Waals surface area (Å²) in [4.78, 5) is 14.9. The Balaban J connectivity index is 2.37. The third-order valence-electron chi connectivity index (χ3n) is 2.25. The van der Waals surface area contributed by atoms with Gasteiger partial charge in [0.05, 0.1) is 5.69 Å². The standard InChI is InChI=1S/C11H11BrN4O/c1-6-3-4-9(8(12)5-6)13-10-7(2)15-16-11(17)14-10/h3-5H,1-2H3,(H2,13,14,16,17). The van der Waals surface area contributed by atoms with Crippen LogP contribution in [-0.4, -0.2) is 15.2 Å². The van der Waals surface area contributed by atoms with E-state index in [4.69, 9.17) is 0 Å². The highest BCUT2D eigenvalue weighted by atomic mass is 79.9. The molecule has 0 bridgehead atoms. The number of benzene rings is 1. The molecule has 0 radical (unpaired) electrons. The van der Waals surface area contributed by atoms with Crippen molar-refractivity contribution in [2.24, 2.45) is 0 Å². The fraction of sp³-hybridized carbons (Fsp3) is 0.182. The van der Waals surface area contributed by atoms with Gasteiger partial charge < -0.3 is 5.32 Å². The molecule has 0 atom stereocenters. The van der Waals surface area contributed by atoms with Crippen LogP contribution in [0.25, 0.3) is 0 Å². The molecule has 1 aromatic heterocycles. The molecule has 0 fully saturated rings. The monoisotopic (exact) mass is 294 g/mol. The lowest BCUT2D eigenvalue weighted by atomic mass is 10.2. The Hall–Kier alpha value is -1.69. The molecule has 17 heavy (non-hydrogen) atoms. The van der Waals surface area contributed by atoms with Crippen molar-refractivity contribution in [2.75, 3.05) is 5.32 Å². The van der Waals surface area contributed by atoms with Gasteiger partial charge in [-0.25, -0.2) is 9.89 Å². The summed E-state index contributed by atoms with van der Waals surface area (Å²) in [7, 11) is 0. The molecule has 2 aromatic rings. The third-order valence-corrected chi connectivity index (χ3v) is 2.91. The second-order valence-electron chi connectivity index (χ2n) is 3.68. The summed E-state index contributed by atoms with van der Waals surface area (Å²) in [6.45, 7) is 3.78. The highest BCUT2D eigenvalue weighted by molar-refractivity contribution is 9.10. The highest BCUT2D eigenvalue weighted by Gasteiger charge is 2.05. The largest absolute Gasteiger partial charge is 0.363 e. The van der Waals surface area contributed by atoms with E-state index in [0.29, 0.717) is 11.5 Å². The fourth-order valence-corrected chi connectivity index (χ4v) is 1.95. The summed E-state index contributed by atoms with van der Waals surface area (Å²) in [6.07, 6.45) is 0. The van der Waals surface area contributed by atoms with Crippen molar-refractivity contribution >= 4 is 27.4 Å². The summed E-state index contributed by atoms with van der Waals surface area (Å²) in [5.74, 6) is 0.457. The number of aromatic nitrogens is 3. The van der Waals surface area contributed by atoms with Crippen LogP contribution >= 0.6 is 15.9 Å². The maximum absolute atomic E-state index is 11.1. The van der Waals surface area contributed by atoms with Gasteiger partial charge in [0.2, 0.25) is 0 Å². The molecule has 1 aromatic carbocycles. The van der Waals surface area contributed by atoms with Crippen molar-refractivity contribution in [3.8, 4) is 0 Å². The number of H-pyrrole nitrogens is 1. The van der Waals surface area contributed by atoms with E-state index in [-0.39, 0.29) is 0 Å². The first-order valence-corrected chi connectivity index (χ1v) is 5.82. The van der Waals surface area contributed by atoms with E-state index in [2.05, 4.69) is 36.4 Å². The lowest BCUT2D eigenvalue weighted by Crippen LogP contribution is -2.15. The fourth-order valence-electron chi connectivity index (χ4n) is 1.36. The summed E-state index contributed by atoms with van der Waals surface area (Å²) in [5, 5.41) is 9.19. The van der Waals surface area contributed by atoms with Gasteiger partial charge in [-0.1, -0.05) is 6.07 Å². The van der Waals surface area contributed by atoms with Crippen molar-refractivity contribution in [1.82, 2.24) is 15.2 Å². The molecule has 0 saturated carbocycles. The SMILES string of the molecule is Cc1ccc(Nc2nc(=O)[nH]nc2C)c(Br)c1. The topological polar surface area (TPSA) is 70.7 Å². The van der Waals surface area contributed by atoms with Crippen LogP contribution in [0.4, 0.5) is 11.5 Å². The number of aromatic amines is 1. The van der Waals surface area contributed by atoms with E-state index in [1.165, 1.54) is 0 Å². The molecule has 0 aliphatic rings. The zero-order valence-corrected chi connectivity index (χ0v) is 11.0. The number of nitrogens with one attached hydrogen (secondary N) is 2. The van der Waals surface area contributed by atoms with E-state index >= 15 is 0 Å². The van der Waals surface area contributed by atoms with E-state index in [1.54, 1.807) is 6.92 Å². The van der Waals surface area contributed by atoms with Gasteiger partial charge in [0.15, 0.2) is 5.82 Å². The van der Waals surface area contributed by atoms with Crippen LogP contribution in [0.5, 0.6) is 0 Å². The Kier molecular flexibility index (Phi) is 3.23. The van der Waals surface area contributed by atoms with Gasteiger partial charge in [-0.3, -0.25) is 0 Å². The summed E-state index contributed by atoms with van der Waals surface area (Å²) < 4.78 is 0.916. The van der Waals surface area contributed by atoms with Crippen molar-refractivity contribution in [2.45, 2.75) is 13.8 Å². The lowest BCUT2D eigenvalue weighted by Gasteiger charge is -2.09. The molecular formula is C11H11BrN4O. The minimum atomic E-state index is -0.471. The maximum atomic E-state index is 11.1. The number of aryl methyl sites for hydroxylation is 2. The molecule has 0 aliphatic carbocycles. The van der Waals surface area contributed by atoms with Crippen LogP contribution in [0, 0.1) is 13.8 Å². The van der Waals surface area contributed by atoms with Crippen molar-refractivity contribution < 1.29 is 0 Å². The Morgan fingerprint density at radius 2 is 2.12 bits per heavy atom. The minimum Gasteiger partial charge on any atom is -0.338 e. The van der Waals surface area contributed by atoms with Crippen LogP contribution in [0.1, 0.15) is 11.3 Å². The van der Waals surface area contributed by atoms with Crippen molar-refractivity contribution in [3.63, 3.8) is 0 Å². The summed E-state index contributed by atoms with van der Waals surface area (Å²) in [5.41, 5.74) is 2.16. The van der Waals surface area contributed by atoms with Gasteiger partial charge in [-0.2, -0.15) is 10.1 Å². The van der Waals surface area contributed by atoms with Gasteiger partial charge in [-0.15, -0.1) is 0 Å². The first-order chi connectivity index (χ1) is 8.06. The molecule has 88 valence electrons. The molecular weight excluding hydrogens is 284 g/mol. The zero-order chi connectivity index (χ0) is 12.4. The lowest BCUT2D eigenvalue weighted by molar-refractivity contribution is 0.885. The predicted molar refractivity (Wildman–Crippen MR) is 69.6 cm³/mol. The van der Waals surface area contributed by atoms with Crippen LogP contribution in [0.2, 0.25) is 0 Å².